The Morgan fingerprint density at radius 2 is 2.25 bits per heavy atom. The molecular weight excluding hydrogens is 200 g/mol. The molecule has 0 bridgehead atoms. The zero-order chi connectivity index (χ0) is 11.5. The topological polar surface area (TPSA) is 32.3 Å². The van der Waals surface area contributed by atoms with E-state index in [0.717, 1.165) is 25.1 Å². The zero-order valence-corrected chi connectivity index (χ0v) is 9.92. The lowest BCUT2D eigenvalue weighted by Crippen LogP contribution is -2.27. The summed E-state index contributed by atoms with van der Waals surface area (Å²) in [6.45, 7) is 2.49. The summed E-state index contributed by atoms with van der Waals surface area (Å²) >= 11 is 0. The third-order valence-electron chi connectivity index (χ3n) is 3.07. The predicted octanol–water partition coefficient (Wildman–Crippen LogP) is 1.08. The van der Waals surface area contributed by atoms with Gasteiger partial charge in [0.2, 0.25) is 0 Å². The van der Waals surface area contributed by atoms with Crippen molar-refractivity contribution in [2.45, 2.75) is 13.0 Å². The van der Waals surface area contributed by atoms with Gasteiger partial charge in [-0.3, -0.25) is 4.79 Å². The Balaban J connectivity index is 2.22. The summed E-state index contributed by atoms with van der Waals surface area (Å²) in [6.07, 6.45) is 1.05. The van der Waals surface area contributed by atoms with Gasteiger partial charge >= 0.3 is 0 Å². The summed E-state index contributed by atoms with van der Waals surface area (Å²) in [5, 5.41) is 2.90. The molecule has 0 amide bonds. The minimum atomic E-state index is 0.171. The molecule has 1 heterocycles. The van der Waals surface area contributed by atoms with Gasteiger partial charge in [0, 0.05) is 18.7 Å². The Morgan fingerprint density at radius 1 is 1.44 bits per heavy atom. The first-order chi connectivity index (χ1) is 7.70. The van der Waals surface area contributed by atoms with Gasteiger partial charge in [-0.1, -0.05) is 12.1 Å². The molecule has 1 aliphatic rings. The smallest absolute Gasteiger partial charge is 0.176 e. The average molecular weight is 218 g/mol. The van der Waals surface area contributed by atoms with Crippen molar-refractivity contribution in [3.8, 4) is 0 Å². The molecule has 0 saturated carbocycles. The number of nitrogens with zero attached hydrogens (tertiary/aromatic N) is 1. The molecule has 0 saturated heterocycles. The highest BCUT2D eigenvalue weighted by atomic mass is 16.1. The summed E-state index contributed by atoms with van der Waals surface area (Å²) in [5.74, 6) is 0.171. The monoisotopic (exact) mass is 218 g/mol. The van der Waals surface area contributed by atoms with Crippen LogP contribution in [0.4, 0.5) is 0 Å². The minimum absolute atomic E-state index is 0.171. The minimum Gasteiger partial charge on any atom is -0.313 e. The van der Waals surface area contributed by atoms with Crippen LogP contribution in [0.5, 0.6) is 0 Å². The third kappa shape index (κ3) is 2.31. The number of rotatable bonds is 3. The molecule has 3 heteroatoms. The molecule has 0 aliphatic carbocycles. The van der Waals surface area contributed by atoms with Crippen molar-refractivity contribution in [3.05, 3.63) is 34.9 Å². The summed E-state index contributed by atoms with van der Waals surface area (Å²) in [6, 6.07) is 6.09. The van der Waals surface area contributed by atoms with Crippen LogP contribution in [0.3, 0.4) is 0 Å². The second kappa shape index (κ2) is 4.76. The molecule has 16 heavy (non-hydrogen) atoms. The normalized spacial score (nSPS) is 15.9. The number of fused-ring (bicyclic) bond motifs is 1. The quantitative estimate of drug-likeness (QED) is 0.770. The van der Waals surface area contributed by atoms with Crippen LogP contribution in [0.1, 0.15) is 21.5 Å². The number of ketones is 1. The SMILES string of the molecule is CNCC(=O)c1ccc2c(c1)CCN(C)C2. The van der Waals surface area contributed by atoms with Crippen molar-refractivity contribution in [2.24, 2.45) is 0 Å². The van der Waals surface area contributed by atoms with Gasteiger partial charge in [0.1, 0.15) is 0 Å². The molecule has 2 rings (SSSR count). The van der Waals surface area contributed by atoms with Crippen LogP contribution in [-0.2, 0) is 13.0 Å². The maximum absolute atomic E-state index is 11.7. The van der Waals surface area contributed by atoms with Gasteiger partial charge in [0.25, 0.3) is 0 Å². The molecule has 0 fully saturated rings. The van der Waals surface area contributed by atoms with Crippen LogP contribution >= 0.6 is 0 Å². The first-order valence-electron chi connectivity index (χ1n) is 5.69. The van der Waals surface area contributed by atoms with Gasteiger partial charge in [-0.25, -0.2) is 0 Å². The third-order valence-corrected chi connectivity index (χ3v) is 3.07. The number of likely N-dealkylation sites (N-methyl/N-ethyl adjacent to an activating group) is 2. The average Bonchev–Trinajstić information content (AvgIpc) is 2.28. The summed E-state index contributed by atoms with van der Waals surface area (Å²) in [4.78, 5) is 14.0. The fourth-order valence-electron chi connectivity index (χ4n) is 2.13. The van der Waals surface area contributed by atoms with Gasteiger partial charge in [-0.15, -0.1) is 0 Å². The zero-order valence-electron chi connectivity index (χ0n) is 9.92. The second-order valence-corrected chi connectivity index (χ2v) is 4.42. The van der Waals surface area contributed by atoms with Gasteiger partial charge in [0.15, 0.2) is 5.78 Å². The summed E-state index contributed by atoms with van der Waals surface area (Å²) in [7, 11) is 3.92. The van der Waals surface area contributed by atoms with E-state index in [2.05, 4.69) is 29.4 Å². The highest BCUT2D eigenvalue weighted by Gasteiger charge is 2.14. The van der Waals surface area contributed by atoms with Gasteiger partial charge in [-0.2, -0.15) is 0 Å². The van der Waals surface area contributed by atoms with Crippen LogP contribution in [0, 0.1) is 0 Å². The molecule has 1 N–H and O–H groups in total. The Morgan fingerprint density at radius 3 is 3.00 bits per heavy atom. The number of nitrogens with one attached hydrogen (secondary N) is 1. The summed E-state index contributed by atoms with van der Waals surface area (Å²) in [5.41, 5.74) is 3.52. The first kappa shape index (κ1) is 11.3. The fourth-order valence-corrected chi connectivity index (χ4v) is 2.13. The van der Waals surface area contributed by atoms with Crippen molar-refractivity contribution in [2.75, 3.05) is 27.2 Å². The van der Waals surface area contributed by atoms with Gasteiger partial charge < -0.3 is 10.2 Å². The molecular formula is C13H18N2O. The standard InChI is InChI=1S/C13H18N2O/c1-14-8-13(16)11-3-4-12-9-15(2)6-5-10(12)7-11/h3-4,7,14H,5-6,8-9H2,1-2H3. The molecule has 86 valence electrons. The van der Waals surface area contributed by atoms with Crippen LogP contribution < -0.4 is 5.32 Å². The molecule has 1 aliphatic heterocycles. The molecule has 1 aromatic carbocycles. The van der Waals surface area contributed by atoms with E-state index in [4.69, 9.17) is 0 Å². The molecule has 3 nitrogen and oxygen atoms in total. The van der Waals surface area contributed by atoms with E-state index >= 15 is 0 Å². The Bertz CT molecular complexity index is 401. The van der Waals surface area contributed by atoms with Crippen molar-refractivity contribution >= 4 is 5.78 Å². The highest BCUT2D eigenvalue weighted by Crippen LogP contribution is 2.19. The number of benzene rings is 1. The van der Waals surface area contributed by atoms with E-state index < -0.39 is 0 Å². The van der Waals surface area contributed by atoms with E-state index in [1.54, 1.807) is 7.05 Å². The van der Waals surface area contributed by atoms with E-state index in [1.165, 1.54) is 11.1 Å². The number of Topliss-reactive ketones (excluding diaryl/α,β-unsaturated/α-hetero) is 1. The maximum atomic E-state index is 11.7. The number of carbonyl (C=O) groups is 1. The number of hydrogen-bond donors (Lipinski definition) is 1. The van der Waals surface area contributed by atoms with Crippen molar-refractivity contribution in [1.82, 2.24) is 10.2 Å². The molecule has 0 unspecified atom stereocenters. The molecule has 0 aromatic heterocycles. The Labute approximate surface area is 96.5 Å². The maximum Gasteiger partial charge on any atom is 0.176 e. The summed E-state index contributed by atoms with van der Waals surface area (Å²) < 4.78 is 0. The van der Waals surface area contributed by atoms with E-state index in [1.807, 2.05) is 6.07 Å². The molecule has 0 atom stereocenters. The van der Waals surface area contributed by atoms with Gasteiger partial charge in [-0.05, 0) is 37.7 Å². The van der Waals surface area contributed by atoms with Crippen LogP contribution in [0.25, 0.3) is 0 Å². The first-order valence-corrected chi connectivity index (χ1v) is 5.69. The van der Waals surface area contributed by atoms with E-state index in [-0.39, 0.29) is 5.78 Å². The van der Waals surface area contributed by atoms with E-state index in [9.17, 15) is 4.79 Å². The lowest BCUT2D eigenvalue weighted by atomic mass is 9.96. The van der Waals surface area contributed by atoms with Gasteiger partial charge in [0.05, 0.1) is 6.54 Å². The van der Waals surface area contributed by atoms with E-state index in [0.29, 0.717) is 6.54 Å². The number of hydrogen-bond acceptors (Lipinski definition) is 3. The fraction of sp³-hybridized carbons (Fsp3) is 0.462. The second-order valence-electron chi connectivity index (χ2n) is 4.42. The predicted molar refractivity (Wildman–Crippen MR) is 64.7 cm³/mol. The lowest BCUT2D eigenvalue weighted by molar-refractivity contribution is 0.0993. The highest BCUT2D eigenvalue weighted by molar-refractivity contribution is 5.97. The van der Waals surface area contributed by atoms with Crippen LogP contribution in [0.2, 0.25) is 0 Å². The Kier molecular flexibility index (Phi) is 3.36. The van der Waals surface area contributed by atoms with Crippen LogP contribution in [0.15, 0.2) is 18.2 Å². The molecule has 0 spiro atoms. The molecule has 0 radical (unpaired) electrons. The van der Waals surface area contributed by atoms with Crippen molar-refractivity contribution in [3.63, 3.8) is 0 Å². The van der Waals surface area contributed by atoms with Crippen molar-refractivity contribution in [1.29, 1.82) is 0 Å². The Hall–Kier alpha value is -1.19. The van der Waals surface area contributed by atoms with Crippen molar-refractivity contribution < 1.29 is 4.79 Å². The number of carbonyl (C=O) groups excluding carboxylic acids is 1. The lowest BCUT2D eigenvalue weighted by Gasteiger charge is -2.25. The largest absolute Gasteiger partial charge is 0.313 e. The van der Waals surface area contributed by atoms with Crippen LogP contribution in [-0.4, -0.2) is 37.9 Å². The molecule has 1 aromatic rings.